The average Bonchev–Trinajstić information content (AvgIpc) is 3.41. The molecule has 1 aliphatic heterocycles. The number of aromatic nitrogens is 5. The first kappa shape index (κ1) is 22.9. The van der Waals surface area contributed by atoms with Crippen molar-refractivity contribution < 1.29 is 4.79 Å². The Bertz CT molecular complexity index is 1500. The molecule has 1 saturated heterocycles. The fourth-order valence-corrected chi connectivity index (χ4v) is 4.60. The summed E-state index contributed by atoms with van der Waals surface area (Å²) in [7, 11) is 1.70. The number of nitrogens with one attached hydrogen (secondary N) is 1. The van der Waals surface area contributed by atoms with E-state index in [1.165, 1.54) is 4.57 Å². The lowest BCUT2D eigenvalue weighted by atomic mass is 10.0. The van der Waals surface area contributed by atoms with Gasteiger partial charge in [0, 0.05) is 59.6 Å². The Labute approximate surface area is 206 Å². The van der Waals surface area contributed by atoms with Crippen LogP contribution in [0.4, 0.5) is 5.95 Å². The summed E-state index contributed by atoms with van der Waals surface area (Å²) in [4.78, 5) is 45.9. The molecular formula is C25H24ClN7O2. The van der Waals surface area contributed by atoms with E-state index in [1.807, 2.05) is 13.0 Å². The van der Waals surface area contributed by atoms with E-state index in [0.717, 1.165) is 24.1 Å². The lowest BCUT2D eigenvalue weighted by Gasteiger charge is -2.18. The predicted octanol–water partition coefficient (Wildman–Crippen LogP) is 3.54. The Morgan fingerprint density at radius 2 is 1.89 bits per heavy atom. The van der Waals surface area contributed by atoms with Gasteiger partial charge in [-0.15, -0.1) is 0 Å². The lowest BCUT2D eigenvalue weighted by Crippen LogP contribution is -2.35. The van der Waals surface area contributed by atoms with Crippen LogP contribution in [0.1, 0.15) is 18.5 Å². The minimum Gasteiger partial charge on any atom is -0.357 e. The molecule has 3 aromatic heterocycles. The van der Waals surface area contributed by atoms with Gasteiger partial charge < -0.3 is 10.2 Å². The van der Waals surface area contributed by atoms with Crippen molar-refractivity contribution in [2.45, 2.75) is 26.3 Å². The number of carbonyl (C=O) groups is 1. The number of hydrogen-bond donors (Lipinski definition) is 1. The van der Waals surface area contributed by atoms with E-state index in [-0.39, 0.29) is 18.0 Å². The van der Waals surface area contributed by atoms with E-state index >= 15 is 0 Å². The van der Waals surface area contributed by atoms with Gasteiger partial charge in [-0.05, 0) is 31.9 Å². The molecule has 1 amide bonds. The van der Waals surface area contributed by atoms with Gasteiger partial charge in [-0.2, -0.15) is 4.98 Å². The molecule has 4 heterocycles. The normalized spacial score (nSPS) is 13.4. The van der Waals surface area contributed by atoms with Crippen LogP contribution in [0.2, 0.25) is 5.02 Å². The van der Waals surface area contributed by atoms with E-state index < -0.39 is 0 Å². The van der Waals surface area contributed by atoms with Gasteiger partial charge in [0.15, 0.2) is 0 Å². The maximum absolute atomic E-state index is 13.7. The summed E-state index contributed by atoms with van der Waals surface area (Å²) in [5, 5.41) is 3.92. The van der Waals surface area contributed by atoms with Crippen LogP contribution in [0.15, 0.2) is 47.7 Å². The van der Waals surface area contributed by atoms with Gasteiger partial charge in [-0.1, -0.05) is 23.7 Å². The Balaban J connectivity index is 1.63. The van der Waals surface area contributed by atoms with Crippen LogP contribution in [0.5, 0.6) is 0 Å². The second kappa shape index (κ2) is 9.42. The molecule has 9 nitrogen and oxygen atoms in total. The summed E-state index contributed by atoms with van der Waals surface area (Å²) in [6, 6.07) is 7.14. The number of aryl methyl sites for hydroxylation is 1. The van der Waals surface area contributed by atoms with Crippen molar-refractivity contribution >= 4 is 34.5 Å². The van der Waals surface area contributed by atoms with Crippen molar-refractivity contribution in [1.29, 1.82) is 0 Å². The van der Waals surface area contributed by atoms with Crippen LogP contribution in [-0.2, 0) is 11.3 Å². The molecule has 5 rings (SSSR count). The third-order valence-electron chi connectivity index (χ3n) is 6.11. The van der Waals surface area contributed by atoms with E-state index in [0.29, 0.717) is 51.9 Å². The maximum atomic E-state index is 13.7. The van der Waals surface area contributed by atoms with Crippen LogP contribution in [0.3, 0.4) is 0 Å². The fourth-order valence-electron chi connectivity index (χ4n) is 4.32. The van der Waals surface area contributed by atoms with E-state index in [4.69, 9.17) is 11.6 Å². The largest absolute Gasteiger partial charge is 0.357 e. The zero-order chi connectivity index (χ0) is 24.5. The molecule has 178 valence electrons. The predicted molar refractivity (Wildman–Crippen MR) is 135 cm³/mol. The fraction of sp³-hybridized carbons (Fsp3) is 0.280. The van der Waals surface area contributed by atoms with Crippen LogP contribution in [0.25, 0.3) is 33.4 Å². The highest BCUT2D eigenvalue weighted by Crippen LogP contribution is 2.31. The van der Waals surface area contributed by atoms with Gasteiger partial charge >= 0.3 is 0 Å². The Hall–Kier alpha value is -3.85. The van der Waals surface area contributed by atoms with Crippen molar-refractivity contribution in [1.82, 2.24) is 29.4 Å². The van der Waals surface area contributed by atoms with Crippen LogP contribution in [0, 0.1) is 6.92 Å². The molecule has 0 aliphatic carbocycles. The monoisotopic (exact) mass is 489 g/mol. The number of benzene rings is 1. The molecule has 35 heavy (non-hydrogen) atoms. The summed E-state index contributed by atoms with van der Waals surface area (Å²) in [5.74, 6) is 0.265. The molecule has 0 bridgehead atoms. The molecule has 1 aliphatic rings. The van der Waals surface area contributed by atoms with Crippen molar-refractivity contribution in [3.8, 4) is 22.4 Å². The molecule has 1 aromatic carbocycles. The number of likely N-dealkylation sites (tertiary alicyclic amines) is 1. The number of carbonyl (C=O) groups excluding carboxylic acids is 1. The van der Waals surface area contributed by atoms with Crippen molar-refractivity contribution in [2.24, 2.45) is 0 Å². The minimum absolute atomic E-state index is 0.0993. The molecule has 10 heteroatoms. The average molecular weight is 490 g/mol. The van der Waals surface area contributed by atoms with Gasteiger partial charge in [-0.25, -0.2) is 9.97 Å². The number of anilines is 1. The number of hydrogen-bond acceptors (Lipinski definition) is 7. The third-order valence-corrected chi connectivity index (χ3v) is 6.43. The molecule has 1 N–H and O–H groups in total. The molecule has 0 saturated carbocycles. The zero-order valence-corrected chi connectivity index (χ0v) is 20.2. The zero-order valence-electron chi connectivity index (χ0n) is 19.5. The molecule has 4 aromatic rings. The number of halogens is 1. The number of rotatable bonds is 5. The molecule has 0 spiro atoms. The SMILES string of the molecule is CNc1ncc2cc(-c3ccc(-c4cncc(C)n4)cc3Cl)c(=O)n(CC(=O)N3CCCC3)c2n1. The summed E-state index contributed by atoms with van der Waals surface area (Å²) < 4.78 is 1.42. The van der Waals surface area contributed by atoms with Crippen LogP contribution < -0.4 is 10.9 Å². The highest BCUT2D eigenvalue weighted by Gasteiger charge is 2.22. The first-order valence-electron chi connectivity index (χ1n) is 11.4. The van der Waals surface area contributed by atoms with Crippen LogP contribution in [-0.4, -0.2) is 55.4 Å². The second-order valence-corrected chi connectivity index (χ2v) is 8.91. The Kier molecular flexibility index (Phi) is 6.17. The Morgan fingerprint density at radius 3 is 2.60 bits per heavy atom. The molecular weight excluding hydrogens is 466 g/mol. The summed E-state index contributed by atoms with van der Waals surface area (Å²) in [6.07, 6.45) is 6.93. The van der Waals surface area contributed by atoms with Gasteiger partial charge in [0.2, 0.25) is 11.9 Å². The van der Waals surface area contributed by atoms with Crippen LogP contribution >= 0.6 is 11.6 Å². The van der Waals surface area contributed by atoms with Crippen molar-refractivity contribution in [2.75, 3.05) is 25.5 Å². The first-order valence-corrected chi connectivity index (χ1v) is 11.8. The smallest absolute Gasteiger partial charge is 0.260 e. The Morgan fingerprint density at radius 1 is 1.09 bits per heavy atom. The highest BCUT2D eigenvalue weighted by molar-refractivity contribution is 6.33. The topological polar surface area (TPSA) is 106 Å². The van der Waals surface area contributed by atoms with Crippen molar-refractivity contribution in [3.63, 3.8) is 0 Å². The maximum Gasteiger partial charge on any atom is 0.260 e. The first-order chi connectivity index (χ1) is 16.9. The summed E-state index contributed by atoms with van der Waals surface area (Å²) in [5.41, 5.74) is 3.27. The molecule has 0 radical (unpaired) electrons. The minimum atomic E-state index is -0.337. The highest BCUT2D eigenvalue weighted by atomic mass is 35.5. The van der Waals surface area contributed by atoms with Gasteiger partial charge in [0.1, 0.15) is 12.2 Å². The standard InChI is InChI=1S/C25H24ClN7O2/c1-15-11-28-13-21(30-15)16-5-6-18(20(26)10-16)19-9-17-12-29-25(27-2)31-23(17)33(24(19)35)14-22(34)32-7-3-4-8-32/h5-6,9-13H,3-4,7-8,14H2,1-2H3,(H,27,29,31). The number of pyridine rings is 1. The van der Waals surface area contributed by atoms with Gasteiger partial charge in [-0.3, -0.25) is 19.1 Å². The van der Waals surface area contributed by atoms with E-state index in [1.54, 1.807) is 48.7 Å². The lowest BCUT2D eigenvalue weighted by molar-refractivity contribution is -0.130. The van der Waals surface area contributed by atoms with E-state index in [2.05, 4.69) is 25.3 Å². The number of nitrogens with zero attached hydrogens (tertiary/aromatic N) is 6. The quantitative estimate of drug-likeness (QED) is 0.457. The molecule has 1 fully saturated rings. The molecule has 0 unspecified atom stereocenters. The van der Waals surface area contributed by atoms with Crippen molar-refractivity contribution in [3.05, 3.63) is 63.9 Å². The second-order valence-electron chi connectivity index (χ2n) is 8.50. The molecule has 0 atom stereocenters. The summed E-state index contributed by atoms with van der Waals surface area (Å²) >= 11 is 6.67. The van der Waals surface area contributed by atoms with Gasteiger partial charge in [0.25, 0.3) is 5.56 Å². The number of fused-ring (bicyclic) bond motifs is 1. The van der Waals surface area contributed by atoms with Gasteiger partial charge in [0.05, 0.1) is 17.6 Å². The third kappa shape index (κ3) is 4.46. The van der Waals surface area contributed by atoms with E-state index in [9.17, 15) is 9.59 Å². The number of amides is 1. The summed E-state index contributed by atoms with van der Waals surface area (Å²) in [6.45, 7) is 3.18.